The van der Waals surface area contributed by atoms with E-state index in [1.54, 1.807) is 0 Å². The molecule has 412 valence electrons. The lowest BCUT2D eigenvalue weighted by molar-refractivity contribution is -0.182. The van der Waals surface area contributed by atoms with E-state index in [4.69, 9.17) is 18.9 Å². The summed E-state index contributed by atoms with van der Waals surface area (Å²) in [6.45, 7) is 18.0. The van der Waals surface area contributed by atoms with Gasteiger partial charge in [0.2, 0.25) is 5.91 Å². The van der Waals surface area contributed by atoms with Gasteiger partial charge in [-0.15, -0.1) is 0 Å². The third-order valence-electron chi connectivity index (χ3n) is 18.7. The van der Waals surface area contributed by atoms with Crippen molar-refractivity contribution in [2.24, 2.45) is 35.5 Å². The van der Waals surface area contributed by atoms with Crippen LogP contribution >= 0.6 is 0 Å². The lowest BCUT2D eigenvalue weighted by Crippen LogP contribution is -2.69. The zero-order valence-corrected chi connectivity index (χ0v) is 47.3. The number of ether oxygens (including phenoxy) is 4. The van der Waals surface area contributed by atoms with Crippen LogP contribution in [0.3, 0.4) is 0 Å². The molecule has 5 saturated heterocycles. The van der Waals surface area contributed by atoms with Crippen LogP contribution < -0.4 is 0 Å². The first kappa shape index (κ1) is 60.2. The van der Waals surface area contributed by atoms with E-state index < -0.39 is 11.2 Å². The summed E-state index contributed by atoms with van der Waals surface area (Å²) in [6, 6.07) is 0. The topological polar surface area (TPSA) is 94.6 Å². The number of nitrogens with zero attached hydrogens (tertiary/aromatic N) is 2. The Morgan fingerprint density at radius 1 is 0.549 bits per heavy atom. The molecule has 0 aromatic rings. The number of likely N-dealkylation sites (tertiary alicyclic amines) is 1. The van der Waals surface area contributed by atoms with Crippen molar-refractivity contribution in [2.45, 2.75) is 296 Å². The molecule has 1 amide bonds. The summed E-state index contributed by atoms with van der Waals surface area (Å²) in [6.07, 6.45) is 42.2. The summed E-state index contributed by atoms with van der Waals surface area (Å²) in [5.74, 6) is 1.53. The number of hydrogen-bond donors (Lipinski definition) is 0. The summed E-state index contributed by atoms with van der Waals surface area (Å²) in [7, 11) is 0. The number of hydrogen-bond acceptors (Lipinski definition) is 8. The van der Waals surface area contributed by atoms with Crippen LogP contribution in [0, 0.1) is 35.5 Å². The molecule has 0 radical (unpaired) electrons. The van der Waals surface area contributed by atoms with E-state index in [9.17, 15) is 14.4 Å². The van der Waals surface area contributed by atoms with E-state index in [1.165, 1.54) is 167 Å². The highest BCUT2D eigenvalue weighted by Crippen LogP contribution is 2.70. The number of fused-ring (bicyclic) bond motifs is 4. The predicted octanol–water partition coefficient (Wildman–Crippen LogP) is 15.4. The molecule has 0 aliphatic carbocycles. The Morgan fingerprint density at radius 3 is 1.49 bits per heavy atom. The Balaban J connectivity index is 1.20. The average Bonchev–Trinajstić information content (AvgIpc) is 4.12. The first-order valence-corrected chi connectivity index (χ1v) is 31.4. The van der Waals surface area contributed by atoms with E-state index in [-0.39, 0.29) is 66.9 Å². The maximum absolute atomic E-state index is 14.2. The molecule has 0 N–H and O–H groups in total. The number of unbranched alkanes of at least 4 members (excludes halogenated alkanes) is 18. The van der Waals surface area contributed by atoms with Crippen LogP contribution in [0.2, 0.25) is 0 Å². The molecule has 4 bridgehead atoms. The van der Waals surface area contributed by atoms with Crippen LogP contribution in [0.15, 0.2) is 0 Å². The summed E-state index contributed by atoms with van der Waals surface area (Å²) in [5, 5.41) is 0. The second-order valence-corrected chi connectivity index (χ2v) is 23.9. The molecule has 9 nitrogen and oxygen atoms in total. The second-order valence-electron chi connectivity index (χ2n) is 23.9. The maximum atomic E-state index is 14.2. The molecule has 5 aliphatic heterocycles. The lowest BCUT2D eigenvalue weighted by Gasteiger charge is -2.55. The number of piperidine rings is 1. The van der Waals surface area contributed by atoms with Crippen LogP contribution in [0.1, 0.15) is 273 Å². The number of carbonyl (C=O) groups is 3. The Kier molecular flexibility index (Phi) is 28.3. The van der Waals surface area contributed by atoms with Crippen molar-refractivity contribution in [3.63, 3.8) is 0 Å². The van der Waals surface area contributed by atoms with Crippen molar-refractivity contribution >= 4 is 17.8 Å². The maximum Gasteiger partial charge on any atom is 0.305 e. The van der Waals surface area contributed by atoms with E-state index in [0.717, 1.165) is 76.4 Å². The standard InChI is InChI=1S/C62H112N2O7/c1-7-13-17-21-25-34-50(35-26-22-18-14-8-2)38-29-31-41-56(66)68-46-52-53(47-69-57(67)42-32-30-39-51(36-27-23-19-15-9-3)37-28-24-20-16-10-4)62-49-64(55(65)40-33-45-63(11-5)12-6)48-61-44-43-54(70-61)58(60(61)62)59(52)71-62/h50-54,58-60H,7-49H2,1-6H3. The van der Waals surface area contributed by atoms with Crippen molar-refractivity contribution in [2.75, 3.05) is 45.9 Å². The third-order valence-corrected chi connectivity index (χ3v) is 18.7. The Bertz CT molecular complexity index is 1440. The summed E-state index contributed by atoms with van der Waals surface area (Å²) in [5.41, 5.74) is -1.11. The number of esters is 2. The quantitative estimate of drug-likeness (QED) is 0.0440. The van der Waals surface area contributed by atoms with Gasteiger partial charge < -0.3 is 28.7 Å². The molecular formula is C62H112N2O7. The van der Waals surface area contributed by atoms with E-state index in [0.29, 0.717) is 32.4 Å². The smallest absolute Gasteiger partial charge is 0.305 e. The van der Waals surface area contributed by atoms with E-state index in [1.807, 2.05) is 0 Å². The molecule has 9 heteroatoms. The van der Waals surface area contributed by atoms with Crippen molar-refractivity contribution in [1.82, 2.24) is 9.80 Å². The van der Waals surface area contributed by atoms with Gasteiger partial charge in [0.05, 0.1) is 49.7 Å². The monoisotopic (exact) mass is 997 g/mol. The first-order valence-electron chi connectivity index (χ1n) is 31.4. The molecule has 5 aliphatic rings. The van der Waals surface area contributed by atoms with Crippen molar-refractivity contribution in [3.8, 4) is 0 Å². The van der Waals surface area contributed by atoms with Gasteiger partial charge in [-0.05, 0) is 63.6 Å². The molecule has 0 saturated carbocycles. The summed E-state index contributed by atoms with van der Waals surface area (Å²) < 4.78 is 26.9. The molecule has 5 fully saturated rings. The molecule has 0 aromatic heterocycles. The number of carbonyl (C=O) groups excluding carboxylic acids is 3. The minimum atomic E-state index is -0.682. The van der Waals surface area contributed by atoms with Gasteiger partial charge in [-0.2, -0.15) is 0 Å². The molecule has 5 heterocycles. The summed E-state index contributed by atoms with van der Waals surface area (Å²) in [4.78, 5) is 46.0. The SMILES string of the molecule is CCCCCCCC(CCCCCCC)CCCCC(=O)OCC1C2OC3(CN(C(=O)CCCN(CC)CC)CC45CCC(O4)C2C53)C1COC(=O)CCCCC(CCCCCCC)CCCCCCC. The Morgan fingerprint density at radius 2 is 1.01 bits per heavy atom. The van der Waals surface area contributed by atoms with Crippen LogP contribution in [0.25, 0.3) is 0 Å². The summed E-state index contributed by atoms with van der Waals surface area (Å²) >= 11 is 0. The van der Waals surface area contributed by atoms with Gasteiger partial charge in [-0.3, -0.25) is 14.4 Å². The van der Waals surface area contributed by atoms with Crippen LogP contribution in [-0.4, -0.2) is 97.0 Å². The minimum Gasteiger partial charge on any atom is -0.465 e. The number of amides is 1. The zero-order chi connectivity index (χ0) is 50.7. The van der Waals surface area contributed by atoms with Crippen LogP contribution in [-0.2, 0) is 33.3 Å². The van der Waals surface area contributed by atoms with Gasteiger partial charge in [0.15, 0.2) is 0 Å². The highest BCUT2D eigenvalue weighted by molar-refractivity contribution is 5.77. The molecule has 71 heavy (non-hydrogen) atoms. The van der Waals surface area contributed by atoms with Crippen LogP contribution in [0.4, 0.5) is 0 Å². The van der Waals surface area contributed by atoms with Crippen LogP contribution in [0.5, 0.6) is 0 Å². The molecule has 8 unspecified atom stereocenters. The Hall–Kier alpha value is -1.71. The molecule has 0 aromatic carbocycles. The van der Waals surface area contributed by atoms with Crippen molar-refractivity contribution in [1.29, 1.82) is 0 Å². The first-order chi connectivity index (χ1) is 34.7. The molecule has 5 rings (SSSR count). The highest BCUT2D eigenvalue weighted by atomic mass is 16.6. The zero-order valence-electron chi connectivity index (χ0n) is 47.3. The van der Waals surface area contributed by atoms with Gasteiger partial charge in [0, 0.05) is 42.9 Å². The fourth-order valence-electron chi connectivity index (χ4n) is 14.6. The van der Waals surface area contributed by atoms with Gasteiger partial charge in [-0.25, -0.2) is 0 Å². The van der Waals surface area contributed by atoms with E-state index >= 15 is 0 Å². The average molecular weight is 998 g/mol. The lowest BCUT2D eigenvalue weighted by atomic mass is 9.53. The van der Waals surface area contributed by atoms with E-state index in [2.05, 4.69) is 51.3 Å². The molecule has 2 spiro atoms. The fourth-order valence-corrected chi connectivity index (χ4v) is 14.6. The minimum absolute atomic E-state index is 0.0917. The molecular weight excluding hydrogens is 885 g/mol. The van der Waals surface area contributed by atoms with Gasteiger partial charge in [0.1, 0.15) is 0 Å². The third kappa shape index (κ3) is 18.2. The fraction of sp³-hybridized carbons (Fsp3) is 0.952. The van der Waals surface area contributed by atoms with Crippen molar-refractivity contribution < 1.29 is 33.3 Å². The largest absolute Gasteiger partial charge is 0.465 e. The second kappa shape index (κ2) is 33.3. The van der Waals surface area contributed by atoms with Gasteiger partial charge >= 0.3 is 11.9 Å². The predicted molar refractivity (Wildman–Crippen MR) is 291 cm³/mol. The van der Waals surface area contributed by atoms with Gasteiger partial charge in [-0.1, -0.05) is 221 Å². The molecule has 8 atom stereocenters. The Labute approximate surface area is 436 Å². The van der Waals surface area contributed by atoms with Gasteiger partial charge in [0.25, 0.3) is 0 Å². The van der Waals surface area contributed by atoms with Crippen molar-refractivity contribution in [3.05, 3.63) is 0 Å². The normalized spacial score (nSPS) is 26.1. The highest BCUT2D eigenvalue weighted by Gasteiger charge is 2.81. The number of rotatable bonds is 44.